The van der Waals surface area contributed by atoms with Crippen molar-refractivity contribution in [3.8, 4) is 0 Å². The number of hydrogen-bond acceptors (Lipinski definition) is 4. The van der Waals surface area contributed by atoms with Gasteiger partial charge in [-0.05, 0) is 0 Å². The van der Waals surface area contributed by atoms with Gasteiger partial charge in [0.25, 0.3) is 10.0 Å². The highest BCUT2D eigenvalue weighted by Gasteiger charge is 2.31. The van der Waals surface area contributed by atoms with E-state index in [0.717, 1.165) is 10.9 Å². The maximum Gasteiger partial charge on any atom is 0.402 e. The molecule has 0 saturated carbocycles. The molecule has 1 aromatic rings. The van der Waals surface area contributed by atoms with Gasteiger partial charge >= 0.3 is 6.18 Å². The Balaban J connectivity index is 2.96. The van der Waals surface area contributed by atoms with Gasteiger partial charge in [0.05, 0.1) is 6.33 Å². The zero-order chi connectivity index (χ0) is 12.6. The van der Waals surface area contributed by atoms with Crippen molar-refractivity contribution in [3.05, 3.63) is 6.33 Å². The van der Waals surface area contributed by atoms with Crippen LogP contribution >= 0.6 is 0 Å². The summed E-state index contributed by atoms with van der Waals surface area (Å²) in [6.45, 7) is -1.65. The molecule has 92 valence electrons. The van der Waals surface area contributed by atoms with Crippen molar-refractivity contribution in [2.75, 3.05) is 12.3 Å². The summed E-state index contributed by atoms with van der Waals surface area (Å²) in [6.07, 6.45) is -3.53. The minimum Gasteiger partial charge on any atom is -0.381 e. The zero-order valence-electron chi connectivity index (χ0n) is 8.11. The number of anilines is 1. The second-order valence-electron chi connectivity index (χ2n) is 2.99. The van der Waals surface area contributed by atoms with Gasteiger partial charge in [-0.25, -0.2) is 18.1 Å². The molecule has 0 radical (unpaired) electrons. The Morgan fingerprint density at radius 1 is 1.56 bits per heavy atom. The molecule has 6 nitrogen and oxygen atoms in total. The molecule has 0 aliphatic rings. The van der Waals surface area contributed by atoms with Crippen molar-refractivity contribution in [2.24, 2.45) is 7.05 Å². The Morgan fingerprint density at radius 3 is 2.50 bits per heavy atom. The first-order valence-corrected chi connectivity index (χ1v) is 5.45. The van der Waals surface area contributed by atoms with E-state index in [1.807, 2.05) is 0 Å². The van der Waals surface area contributed by atoms with Gasteiger partial charge < -0.3 is 10.3 Å². The first-order valence-electron chi connectivity index (χ1n) is 3.97. The third-order valence-corrected chi connectivity index (χ3v) is 3.16. The van der Waals surface area contributed by atoms with Crippen molar-refractivity contribution < 1.29 is 21.6 Å². The lowest BCUT2D eigenvalue weighted by atomic mass is 10.7. The van der Waals surface area contributed by atoms with E-state index < -0.39 is 27.8 Å². The van der Waals surface area contributed by atoms with Gasteiger partial charge in [0, 0.05) is 7.05 Å². The van der Waals surface area contributed by atoms with Gasteiger partial charge in [-0.1, -0.05) is 0 Å². The van der Waals surface area contributed by atoms with Crippen LogP contribution in [-0.2, 0) is 17.1 Å². The molecule has 1 aromatic heterocycles. The molecule has 0 spiro atoms. The summed E-state index contributed by atoms with van der Waals surface area (Å²) in [7, 11) is -2.99. The predicted octanol–water partition coefficient (Wildman–Crippen LogP) is -0.157. The van der Waals surface area contributed by atoms with Crippen molar-refractivity contribution in [2.45, 2.75) is 11.2 Å². The molecule has 0 aliphatic carbocycles. The molecule has 0 saturated heterocycles. The number of nitrogens with one attached hydrogen (secondary N) is 1. The third-order valence-electron chi connectivity index (χ3n) is 1.63. The molecule has 0 bridgehead atoms. The Labute approximate surface area is 89.3 Å². The van der Waals surface area contributed by atoms with E-state index in [0.29, 0.717) is 0 Å². The summed E-state index contributed by atoms with van der Waals surface area (Å²) in [5.41, 5.74) is 5.23. The first-order chi connectivity index (χ1) is 7.13. The van der Waals surface area contributed by atoms with Crippen LogP contribution in [0.3, 0.4) is 0 Å². The van der Waals surface area contributed by atoms with Crippen LogP contribution in [0.2, 0.25) is 0 Å². The minimum atomic E-state index is -4.62. The largest absolute Gasteiger partial charge is 0.402 e. The average Bonchev–Trinajstić information content (AvgIpc) is 2.42. The van der Waals surface area contributed by atoms with Crippen molar-refractivity contribution in [3.63, 3.8) is 0 Å². The highest BCUT2D eigenvalue weighted by atomic mass is 32.2. The van der Waals surface area contributed by atoms with E-state index in [-0.39, 0.29) is 5.82 Å². The van der Waals surface area contributed by atoms with Crippen LogP contribution in [-0.4, -0.2) is 30.7 Å². The SMILES string of the molecule is Cn1cnc(N)c1S(=O)(=O)NCC(F)(F)F. The highest BCUT2D eigenvalue weighted by Crippen LogP contribution is 2.17. The summed E-state index contributed by atoms with van der Waals surface area (Å²) in [5, 5.41) is -0.489. The Bertz CT molecular complexity index is 459. The summed E-state index contributed by atoms with van der Waals surface area (Å²) >= 11 is 0. The van der Waals surface area contributed by atoms with Crippen molar-refractivity contribution in [1.82, 2.24) is 14.3 Å². The molecule has 1 rings (SSSR count). The molecule has 3 N–H and O–H groups in total. The summed E-state index contributed by atoms with van der Waals surface area (Å²) in [6, 6.07) is 0. The third kappa shape index (κ3) is 2.85. The van der Waals surface area contributed by atoms with E-state index in [4.69, 9.17) is 5.73 Å². The number of nitrogen functional groups attached to an aromatic ring is 1. The molecule has 0 fully saturated rings. The van der Waals surface area contributed by atoms with Crippen LogP contribution < -0.4 is 10.5 Å². The lowest BCUT2D eigenvalue weighted by Crippen LogP contribution is -2.34. The number of sulfonamides is 1. The van der Waals surface area contributed by atoms with Gasteiger partial charge in [-0.3, -0.25) is 0 Å². The number of nitrogens with two attached hydrogens (primary N) is 1. The number of rotatable bonds is 3. The predicted molar refractivity (Wildman–Crippen MR) is 48.9 cm³/mol. The van der Waals surface area contributed by atoms with Crippen molar-refractivity contribution >= 4 is 15.8 Å². The number of alkyl halides is 3. The Morgan fingerprint density at radius 2 is 2.12 bits per heavy atom. The van der Waals surface area contributed by atoms with Crippen LogP contribution in [0, 0.1) is 0 Å². The normalized spacial score (nSPS) is 13.0. The fraction of sp³-hybridized carbons (Fsp3) is 0.500. The highest BCUT2D eigenvalue weighted by molar-refractivity contribution is 7.89. The Kier molecular flexibility index (Phi) is 3.15. The molecular weight excluding hydrogens is 249 g/mol. The quantitative estimate of drug-likeness (QED) is 0.788. The number of imidazole rings is 1. The van der Waals surface area contributed by atoms with E-state index in [1.165, 1.54) is 11.8 Å². The molecule has 0 amide bonds. The fourth-order valence-electron chi connectivity index (χ4n) is 1.01. The number of nitrogens with zero attached hydrogens (tertiary/aromatic N) is 2. The zero-order valence-corrected chi connectivity index (χ0v) is 8.93. The van der Waals surface area contributed by atoms with Crippen molar-refractivity contribution in [1.29, 1.82) is 0 Å². The molecule has 10 heteroatoms. The van der Waals surface area contributed by atoms with Crippen LogP contribution in [0.15, 0.2) is 11.4 Å². The van der Waals surface area contributed by atoms with Gasteiger partial charge in [0.1, 0.15) is 6.54 Å². The summed E-state index contributed by atoms with van der Waals surface area (Å²) in [4.78, 5) is 3.47. The lowest BCUT2D eigenvalue weighted by Gasteiger charge is -2.09. The Hall–Kier alpha value is -1.29. The average molecular weight is 258 g/mol. The minimum absolute atomic E-state index is 0.350. The van der Waals surface area contributed by atoms with Crippen LogP contribution in [0.5, 0.6) is 0 Å². The number of halogens is 3. The molecule has 16 heavy (non-hydrogen) atoms. The van der Waals surface area contributed by atoms with E-state index >= 15 is 0 Å². The van der Waals surface area contributed by atoms with Crippen LogP contribution in [0.25, 0.3) is 0 Å². The second kappa shape index (κ2) is 3.94. The lowest BCUT2D eigenvalue weighted by molar-refractivity contribution is -0.121. The number of hydrogen-bond donors (Lipinski definition) is 2. The smallest absolute Gasteiger partial charge is 0.381 e. The molecule has 0 atom stereocenters. The standard InChI is InChI=1S/C6H9F3N4O2S/c1-13-3-11-4(10)5(13)16(14,15)12-2-6(7,8)9/h3,12H,2,10H2,1H3. The fourth-order valence-corrected chi connectivity index (χ4v) is 2.25. The van der Waals surface area contributed by atoms with E-state index in [9.17, 15) is 21.6 Å². The topological polar surface area (TPSA) is 90.0 Å². The first kappa shape index (κ1) is 12.8. The summed E-state index contributed by atoms with van der Waals surface area (Å²) in [5.74, 6) is -0.350. The van der Waals surface area contributed by atoms with Gasteiger partial charge in [0.2, 0.25) is 0 Å². The second-order valence-corrected chi connectivity index (χ2v) is 4.67. The molecule has 1 heterocycles. The maximum absolute atomic E-state index is 11.8. The molecule has 0 aromatic carbocycles. The van der Waals surface area contributed by atoms with Crippen LogP contribution in [0.1, 0.15) is 0 Å². The molecular formula is C6H9F3N4O2S. The van der Waals surface area contributed by atoms with Gasteiger partial charge in [-0.2, -0.15) is 13.2 Å². The van der Waals surface area contributed by atoms with E-state index in [1.54, 1.807) is 0 Å². The molecule has 0 unspecified atom stereocenters. The maximum atomic E-state index is 11.8. The van der Waals surface area contributed by atoms with E-state index in [2.05, 4.69) is 4.98 Å². The number of aromatic nitrogens is 2. The monoisotopic (exact) mass is 258 g/mol. The molecule has 0 aliphatic heterocycles. The summed E-state index contributed by atoms with van der Waals surface area (Å²) < 4.78 is 60.8. The van der Waals surface area contributed by atoms with Gasteiger partial charge in [0.15, 0.2) is 10.8 Å². The van der Waals surface area contributed by atoms with Gasteiger partial charge in [-0.15, -0.1) is 0 Å². The van der Waals surface area contributed by atoms with Crippen LogP contribution in [0.4, 0.5) is 19.0 Å². The number of aryl methyl sites for hydroxylation is 1.